The molecule has 0 saturated carbocycles. The Morgan fingerprint density at radius 2 is 2.14 bits per heavy atom. The Bertz CT molecular complexity index is 514. The fourth-order valence-corrected chi connectivity index (χ4v) is 1.73. The van der Waals surface area contributed by atoms with Crippen molar-refractivity contribution in [3.63, 3.8) is 0 Å². The largest absolute Gasteiger partial charge is 0.406 e. The van der Waals surface area contributed by atoms with Crippen LogP contribution in [0.2, 0.25) is 0 Å². The molecule has 1 N–H and O–H groups in total. The van der Waals surface area contributed by atoms with Crippen molar-refractivity contribution in [1.82, 2.24) is 9.88 Å². The van der Waals surface area contributed by atoms with Gasteiger partial charge in [-0.15, -0.1) is 0 Å². The average molecular weight is 306 g/mol. The zero-order chi connectivity index (χ0) is 15.9. The van der Waals surface area contributed by atoms with Gasteiger partial charge in [0.2, 0.25) is 5.56 Å². The predicted octanol–water partition coefficient (Wildman–Crippen LogP) is 1.81. The molecule has 21 heavy (non-hydrogen) atoms. The van der Waals surface area contributed by atoms with Crippen LogP contribution in [0.1, 0.15) is 23.7 Å². The maximum absolute atomic E-state index is 12.5. The van der Waals surface area contributed by atoms with E-state index in [1.807, 2.05) is 0 Å². The number of amides is 1. The molecule has 0 spiro atoms. The summed E-state index contributed by atoms with van der Waals surface area (Å²) in [7, 11) is 0. The highest BCUT2D eigenvalue weighted by atomic mass is 19.4. The molecule has 1 heterocycles. The Morgan fingerprint density at radius 1 is 1.43 bits per heavy atom. The van der Waals surface area contributed by atoms with E-state index in [9.17, 15) is 22.8 Å². The van der Waals surface area contributed by atoms with Gasteiger partial charge in [-0.2, -0.15) is 13.2 Å². The minimum Gasteiger partial charge on any atom is -0.382 e. The molecule has 0 aliphatic carbocycles. The number of rotatable bonds is 7. The van der Waals surface area contributed by atoms with Crippen LogP contribution < -0.4 is 5.56 Å². The van der Waals surface area contributed by atoms with Crippen molar-refractivity contribution < 1.29 is 22.7 Å². The molecule has 0 bridgehead atoms. The summed E-state index contributed by atoms with van der Waals surface area (Å²) in [5, 5.41) is 0. The number of ether oxygens (including phenoxy) is 1. The number of nitrogens with zero attached hydrogens (tertiary/aromatic N) is 1. The van der Waals surface area contributed by atoms with E-state index in [4.69, 9.17) is 4.74 Å². The normalized spacial score (nSPS) is 11.4. The number of pyridine rings is 1. The number of H-pyrrole nitrogens is 1. The third-order valence-electron chi connectivity index (χ3n) is 2.60. The van der Waals surface area contributed by atoms with Gasteiger partial charge >= 0.3 is 6.18 Å². The fourth-order valence-electron chi connectivity index (χ4n) is 1.73. The maximum atomic E-state index is 12.5. The van der Waals surface area contributed by atoms with Crippen LogP contribution in [0.3, 0.4) is 0 Å². The van der Waals surface area contributed by atoms with E-state index in [2.05, 4.69) is 4.98 Å². The van der Waals surface area contributed by atoms with Crippen molar-refractivity contribution in [2.24, 2.45) is 0 Å². The minimum atomic E-state index is -4.50. The molecule has 118 valence electrons. The van der Waals surface area contributed by atoms with Gasteiger partial charge in [0.05, 0.1) is 0 Å². The molecule has 0 aliphatic heterocycles. The summed E-state index contributed by atoms with van der Waals surface area (Å²) in [6, 6.07) is 2.25. The monoisotopic (exact) mass is 306 g/mol. The molecule has 1 aromatic heterocycles. The van der Waals surface area contributed by atoms with Crippen LogP contribution in [0.5, 0.6) is 0 Å². The summed E-state index contributed by atoms with van der Waals surface area (Å²) in [6.07, 6.45) is -2.98. The molecule has 8 heteroatoms. The Hall–Kier alpha value is -1.83. The van der Waals surface area contributed by atoms with Gasteiger partial charge in [-0.25, -0.2) is 0 Å². The highest BCUT2D eigenvalue weighted by molar-refractivity contribution is 5.94. The van der Waals surface area contributed by atoms with Gasteiger partial charge in [0.15, 0.2) is 0 Å². The van der Waals surface area contributed by atoms with Crippen LogP contribution >= 0.6 is 0 Å². The quantitative estimate of drug-likeness (QED) is 0.781. The number of hydrogen-bond acceptors (Lipinski definition) is 3. The van der Waals surface area contributed by atoms with Gasteiger partial charge in [-0.3, -0.25) is 9.59 Å². The average Bonchev–Trinajstić information content (AvgIpc) is 2.40. The molecule has 0 radical (unpaired) electrons. The molecule has 1 aromatic rings. The molecule has 0 saturated heterocycles. The lowest BCUT2D eigenvalue weighted by Gasteiger charge is -2.24. The zero-order valence-electron chi connectivity index (χ0n) is 11.6. The summed E-state index contributed by atoms with van der Waals surface area (Å²) in [5.74, 6) is -0.824. The van der Waals surface area contributed by atoms with Gasteiger partial charge in [0.1, 0.15) is 6.54 Å². The summed E-state index contributed by atoms with van der Waals surface area (Å²) < 4.78 is 42.7. The SMILES string of the molecule is CCOCCCN(CC(F)(F)F)C(=O)c1cc[nH]c(=O)c1. The Kier molecular flexibility index (Phi) is 6.41. The van der Waals surface area contributed by atoms with E-state index in [1.54, 1.807) is 6.92 Å². The number of carbonyl (C=O) groups is 1. The van der Waals surface area contributed by atoms with E-state index in [0.29, 0.717) is 17.9 Å². The zero-order valence-corrected chi connectivity index (χ0v) is 11.6. The number of aromatic nitrogens is 1. The smallest absolute Gasteiger partial charge is 0.382 e. The first kappa shape index (κ1) is 17.2. The first-order valence-corrected chi connectivity index (χ1v) is 6.46. The lowest BCUT2D eigenvalue weighted by molar-refractivity contribution is -0.141. The number of nitrogens with one attached hydrogen (secondary N) is 1. The molecular formula is C13H17F3N2O3. The third-order valence-corrected chi connectivity index (χ3v) is 2.60. The number of carbonyl (C=O) groups excluding carboxylic acids is 1. The summed E-state index contributed by atoms with van der Waals surface area (Å²) in [6.45, 7) is 1.06. The van der Waals surface area contributed by atoms with Gasteiger partial charge in [0, 0.05) is 37.6 Å². The van der Waals surface area contributed by atoms with Crippen molar-refractivity contribution in [2.75, 3.05) is 26.3 Å². The molecule has 0 atom stereocenters. The molecule has 5 nitrogen and oxygen atoms in total. The summed E-state index contributed by atoms with van der Waals surface area (Å²) in [4.78, 5) is 26.2. The predicted molar refractivity (Wildman–Crippen MR) is 70.1 cm³/mol. The molecule has 1 rings (SSSR count). The van der Waals surface area contributed by atoms with Gasteiger partial charge in [0.25, 0.3) is 5.91 Å². The van der Waals surface area contributed by atoms with Crippen LogP contribution in [0, 0.1) is 0 Å². The highest BCUT2D eigenvalue weighted by Gasteiger charge is 2.33. The van der Waals surface area contributed by atoms with Crippen LogP contribution in [0.4, 0.5) is 13.2 Å². The molecular weight excluding hydrogens is 289 g/mol. The molecule has 0 aliphatic rings. The number of hydrogen-bond donors (Lipinski definition) is 1. The first-order chi connectivity index (χ1) is 9.83. The van der Waals surface area contributed by atoms with E-state index in [-0.39, 0.29) is 18.7 Å². The standard InChI is InChI=1S/C13H17F3N2O3/c1-2-21-7-3-6-18(9-13(14,15)16)12(20)10-4-5-17-11(19)8-10/h4-5,8H,2-3,6-7,9H2,1H3,(H,17,19). The number of alkyl halides is 3. The van der Waals surface area contributed by atoms with Gasteiger partial charge in [-0.1, -0.05) is 0 Å². The third kappa shape index (κ3) is 6.44. The summed E-state index contributed by atoms with van der Waals surface area (Å²) >= 11 is 0. The van der Waals surface area contributed by atoms with Crippen LogP contribution in [-0.2, 0) is 4.74 Å². The Balaban J connectivity index is 2.79. The second kappa shape index (κ2) is 7.82. The van der Waals surface area contributed by atoms with E-state index < -0.39 is 24.2 Å². The topological polar surface area (TPSA) is 62.4 Å². The maximum Gasteiger partial charge on any atom is 0.406 e. The van der Waals surface area contributed by atoms with Crippen molar-refractivity contribution in [2.45, 2.75) is 19.5 Å². The Morgan fingerprint density at radius 3 is 2.71 bits per heavy atom. The molecule has 1 amide bonds. The highest BCUT2D eigenvalue weighted by Crippen LogP contribution is 2.18. The molecule has 0 aromatic carbocycles. The Labute approximate surface area is 119 Å². The molecule has 0 unspecified atom stereocenters. The minimum absolute atomic E-state index is 0.0700. The lowest BCUT2D eigenvalue weighted by atomic mass is 10.2. The lowest BCUT2D eigenvalue weighted by Crippen LogP contribution is -2.40. The van der Waals surface area contributed by atoms with Gasteiger partial charge in [-0.05, 0) is 19.4 Å². The van der Waals surface area contributed by atoms with Gasteiger partial charge < -0.3 is 14.6 Å². The first-order valence-electron chi connectivity index (χ1n) is 6.46. The van der Waals surface area contributed by atoms with Crippen molar-refractivity contribution in [1.29, 1.82) is 0 Å². The van der Waals surface area contributed by atoms with Crippen molar-refractivity contribution in [3.05, 3.63) is 34.2 Å². The van der Waals surface area contributed by atoms with Crippen LogP contribution in [0.15, 0.2) is 23.1 Å². The van der Waals surface area contributed by atoms with E-state index in [1.165, 1.54) is 12.3 Å². The van der Waals surface area contributed by atoms with E-state index >= 15 is 0 Å². The second-order valence-corrected chi connectivity index (χ2v) is 4.33. The fraction of sp³-hybridized carbons (Fsp3) is 0.538. The van der Waals surface area contributed by atoms with Crippen LogP contribution in [-0.4, -0.2) is 48.3 Å². The molecule has 0 fully saturated rings. The summed E-state index contributed by atoms with van der Waals surface area (Å²) in [5.41, 5.74) is -0.610. The van der Waals surface area contributed by atoms with Crippen molar-refractivity contribution >= 4 is 5.91 Å². The number of aromatic amines is 1. The van der Waals surface area contributed by atoms with Crippen LogP contribution in [0.25, 0.3) is 0 Å². The van der Waals surface area contributed by atoms with Crippen molar-refractivity contribution in [3.8, 4) is 0 Å². The number of halogens is 3. The second-order valence-electron chi connectivity index (χ2n) is 4.33. The van der Waals surface area contributed by atoms with E-state index in [0.717, 1.165) is 6.07 Å².